The predicted molar refractivity (Wildman–Crippen MR) is 88.6 cm³/mol. The highest BCUT2D eigenvalue weighted by atomic mass is 32.1. The Labute approximate surface area is 134 Å². The van der Waals surface area contributed by atoms with Crippen LogP contribution in [0.15, 0.2) is 30.3 Å². The number of hydrogen-bond donors (Lipinski definition) is 1. The van der Waals surface area contributed by atoms with Gasteiger partial charge in [-0.2, -0.15) is 0 Å². The Bertz CT molecular complexity index is 601. The SMILES string of the molecule is O=C(CCCOc1ccccc1)Nc1nc2c(s1)CCCC2. The lowest BCUT2D eigenvalue weighted by Gasteiger charge is -2.06. The Morgan fingerprint density at radius 2 is 2.05 bits per heavy atom. The van der Waals surface area contributed by atoms with Crippen molar-refractivity contribution in [1.29, 1.82) is 0 Å². The van der Waals surface area contributed by atoms with E-state index in [-0.39, 0.29) is 5.91 Å². The molecule has 0 aliphatic heterocycles. The van der Waals surface area contributed by atoms with Crippen LogP contribution in [0.5, 0.6) is 5.75 Å². The van der Waals surface area contributed by atoms with E-state index in [1.807, 2.05) is 30.3 Å². The number of para-hydroxylation sites is 1. The molecule has 2 aromatic rings. The quantitative estimate of drug-likeness (QED) is 0.824. The molecule has 1 aliphatic rings. The van der Waals surface area contributed by atoms with Gasteiger partial charge in [-0.1, -0.05) is 18.2 Å². The van der Waals surface area contributed by atoms with Crippen molar-refractivity contribution >= 4 is 22.4 Å². The van der Waals surface area contributed by atoms with Gasteiger partial charge in [0.25, 0.3) is 0 Å². The van der Waals surface area contributed by atoms with Crippen LogP contribution in [0.2, 0.25) is 0 Å². The Balaban J connectivity index is 1.40. The van der Waals surface area contributed by atoms with E-state index < -0.39 is 0 Å². The summed E-state index contributed by atoms with van der Waals surface area (Å²) in [7, 11) is 0. The molecule has 1 aromatic carbocycles. The number of aromatic nitrogens is 1. The number of fused-ring (bicyclic) bond motifs is 1. The number of hydrogen-bond acceptors (Lipinski definition) is 4. The number of anilines is 1. The van der Waals surface area contributed by atoms with Gasteiger partial charge in [0.05, 0.1) is 12.3 Å². The molecule has 4 nitrogen and oxygen atoms in total. The number of rotatable bonds is 6. The molecule has 22 heavy (non-hydrogen) atoms. The lowest BCUT2D eigenvalue weighted by molar-refractivity contribution is -0.116. The molecule has 0 radical (unpaired) electrons. The summed E-state index contributed by atoms with van der Waals surface area (Å²) >= 11 is 1.63. The molecule has 0 bridgehead atoms. The monoisotopic (exact) mass is 316 g/mol. The maximum absolute atomic E-state index is 11.9. The highest BCUT2D eigenvalue weighted by Crippen LogP contribution is 2.29. The van der Waals surface area contributed by atoms with Crippen LogP contribution in [0.4, 0.5) is 5.13 Å². The average Bonchev–Trinajstić information content (AvgIpc) is 2.94. The van der Waals surface area contributed by atoms with Gasteiger partial charge >= 0.3 is 0 Å². The van der Waals surface area contributed by atoms with Gasteiger partial charge in [0, 0.05) is 11.3 Å². The molecule has 1 amide bonds. The zero-order chi connectivity index (χ0) is 15.2. The third-order valence-corrected chi connectivity index (χ3v) is 4.72. The highest BCUT2D eigenvalue weighted by Gasteiger charge is 2.16. The van der Waals surface area contributed by atoms with E-state index in [4.69, 9.17) is 4.74 Å². The van der Waals surface area contributed by atoms with E-state index in [1.165, 1.54) is 23.4 Å². The fourth-order valence-corrected chi connectivity index (χ4v) is 3.59. The van der Waals surface area contributed by atoms with Gasteiger partial charge in [-0.25, -0.2) is 4.98 Å². The first-order chi connectivity index (χ1) is 10.8. The van der Waals surface area contributed by atoms with Gasteiger partial charge in [-0.05, 0) is 44.2 Å². The molecule has 1 aromatic heterocycles. The first-order valence-corrected chi connectivity index (χ1v) is 8.59. The third kappa shape index (κ3) is 4.07. The standard InChI is InChI=1S/C17H20N2O2S/c20-16(11-6-12-21-13-7-2-1-3-8-13)19-17-18-14-9-4-5-10-15(14)22-17/h1-3,7-8H,4-6,9-12H2,(H,18,19,20). The second kappa shape index (κ2) is 7.40. The van der Waals surface area contributed by atoms with Crippen LogP contribution in [0.3, 0.4) is 0 Å². The summed E-state index contributed by atoms with van der Waals surface area (Å²) in [6, 6.07) is 9.66. The number of nitrogens with zero attached hydrogens (tertiary/aromatic N) is 1. The normalized spacial score (nSPS) is 13.5. The molecular formula is C17H20N2O2S. The van der Waals surface area contributed by atoms with E-state index in [1.54, 1.807) is 11.3 Å². The van der Waals surface area contributed by atoms with Crippen LogP contribution in [-0.2, 0) is 17.6 Å². The summed E-state index contributed by atoms with van der Waals surface area (Å²) in [6.45, 7) is 0.547. The first kappa shape index (κ1) is 15.0. The molecule has 0 saturated heterocycles. The van der Waals surface area contributed by atoms with Crippen molar-refractivity contribution in [2.75, 3.05) is 11.9 Å². The number of aryl methyl sites for hydroxylation is 2. The molecule has 0 spiro atoms. The average molecular weight is 316 g/mol. The summed E-state index contributed by atoms with van der Waals surface area (Å²) < 4.78 is 5.58. The number of ether oxygens (including phenoxy) is 1. The second-order valence-corrected chi connectivity index (χ2v) is 6.49. The van der Waals surface area contributed by atoms with E-state index in [2.05, 4.69) is 10.3 Å². The Morgan fingerprint density at radius 3 is 2.86 bits per heavy atom. The van der Waals surface area contributed by atoms with Gasteiger partial charge in [-0.3, -0.25) is 4.79 Å². The maximum Gasteiger partial charge on any atom is 0.226 e. The van der Waals surface area contributed by atoms with Crippen molar-refractivity contribution < 1.29 is 9.53 Å². The fraction of sp³-hybridized carbons (Fsp3) is 0.412. The minimum atomic E-state index is 0.0164. The van der Waals surface area contributed by atoms with Crippen LogP contribution in [-0.4, -0.2) is 17.5 Å². The van der Waals surface area contributed by atoms with E-state index in [9.17, 15) is 4.79 Å². The predicted octanol–water partition coefficient (Wildman–Crippen LogP) is 3.82. The number of carbonyl (C=O) groups excluding carboxylic acids is 1. The van der Waals surface area contributed by atoms with Crippen LogP contribution in [0.1, 0.15) is 36.3 Å². The minimum Gasteiger partial charge on any atom is -0.494 e. The molecule has 116 valence electrons. The minimum absolute atomic E-state index is 0.0164. The number of benzene rings is 1. The van der Waals surface area contributed by atoms with Crippen molar-refractivity contribution in [3.63, 3.8) is 0 Å². The molecule has 0 unspecified atom stereocenters. The Kier molecular flexibility index (Phi) is 5.06. The van der Waals surface area contributed by atoms with Crippen molar-refractivity contribution in [2.45, 2.75) is 38.5 Å². The van der Waals surface area contributed by atoms with Gasteiger partial charge in [0.1, 0.15) is 5.75 Å². The van der Waals surface area contributed by atoms with Crippen LogP contribution in [0, 0.1) is 0 Å². The summed E-state index contributed by atoms with van der Waals surface area (Å²) in [5, 5.41) is 3.66. The number of thiazole rings is 1. The molecule has 0 saturated carbocycles. The zero-order valence-electron chi connectivity index (χ0n) is 12.5. The lowest BCUT2D eigenvalue weighted by Crippen LogP contribution is -2.12. The third-order valence-electron chi connectivity index (χ3n) is 3.65. The number of nitrogens with one attached hydrogen (secondary N) is 1. The zero-order valence-corrected chi connectivity index (χ0v) is 13.3. The largest absolute Gasteiger partial charge is 0.494 e. The molecule has 0 atom stereocenters. The molecule has 0 fully saturated rings. The number of amides is 1. The maximum atomic E-state index is 11.9. The van der Waals surface area contributed by atoms with Gasteiger partial charge < -0.3 is 10.1 Å². The van der Waals surface area contributed by atoms with E-state index in [0.29, 0.717) is 19.4 Å². The molecule has 1 aliphatic carbocycles. The summed E-state index contributed by atoms with van der Waals surface area (Å²) in [4.78, 5) is 17.8. The summed E-state index contributed by atoms with van der Waals surface area (Å²) in [5.41, 5.74) is 1.18. The van der Waals surface area contributed by atoms with Crippen LogP contribution in [0.25, 0.3) is 0 Å². The molecule has 5 heteroatoms. The van der Waals surface area contributed by atoms with E-state index in [0.717, 1.165) is 23.7 Å². The second-order valence-electron chi connectivity index (χ2n) is 5.41. The van der Waals surface area contributed by atoms with Gasteiger partial charge in [0.15, 0.2) is 5.13 Å². The van der Waals surface area contributed by atoms with E-state index >= 15 is 0 Å². The smallest absolute Gasteiger partial charge is 0.226 e. The van der Waals surface area contributed by atoms with Crippen molar-refractivity contribution in [1.82, 2.24) is 4.98 Å². The topological polar surface area (TPSA) is 51.2 Å². The fourth-order valence-electron chi connectivity index (χ4n) is 2.53. The molecule has 1 N–H and O–H groups in total. The van der Waals surface area contributed by atoms with Crippen molar-refractivity contribution in [3.05, 3.63) is 40.9 Å². The molecule has 1 heterocycles. The Morgan fingerprint density at radius 1 is 1.23 bits per heavy atom. The highest BCUT2D eigenvalue weighted by molar-refractivity contribution is 7.15. The van der Waals surface area contributed by atoms with Gasteiger partial charge in [-0.15, -0.1) is 11.3 Å². The number of carbonyl (C=O) groups is 1. The van der Waals surface area contributed by atoms with Gasteiger partial charge in [0.2, 0.25) is 5.91 Å². The lowest BCUT2D eigenvalue weighted by atomic mass is 10.0. The van der Waals surface area contributed by atoms with Crippen LogP contribution < -0.4 is 10.1 Å². The van der Waals surface area contributed by atoms with Crippen molar-refractivity contribution in [2.24, 2.45) is 0 Å². The summed E-state index contributed by atoms with van der Waals surface area (Å²) in [6.07, 6.45) is 5.75. The van der Waals surface area contributed by atoms with Crippen molar-refractivity contribution in [3.8, 4) is 5.75 Å². The summed E-state index contributed by atoms with van der Waals surface area (Å²) in [5.74, 6) is 0.860. The molecular weight excluding hydrogens is 296 g/mol. The van der Waals surface area contributed by atoms with Crippen LogP contribution >= 0.6 is 11.3 Å². The molecule has 3 rings (SSSR count). The first-order valence-electron chi connectivity index (χ1n) is 7.77. The Hall–Kier alpha value is -1.88.